The van der Waals surface area contributed by atoms with Crippen molar-refractivity contribution in [2.75, 3.05) is 192 Å². The van der Waals surface area contributed by atoms with Crippen molar-refractivity contribution in [2.24, 2.45) is 53.2 Å². The number of ether oxygens (including phenoxy) is 12. The second-order valence-corrected chi connectivity index (χ2v) is 45.4. The summed E-state index contributed by atoms with van der Waals surface area (Å²) in [6.07, 6.45) is 20.1. The van der Waals surface area contributed by atoms with Gasteiger partial charge in [-0.2, -0.15) is 0 Å². The van der Waals surface area contributed by atoms with Crippen LogP contribution in [0.5, 0.6) is 0 Å². The lowest BCUT2D eigenvalue weighted by Gasteiger charge is -2.27. The van der Waals surface area contributed by atoms with Crippen molar-refractivity contribution in [2.45, 2.75) is 403 Å². The first-order valence-electron chi connectivity index (χ1n) is 51.8. The van der Waals surface area contributed by atoms with Crippen molar-refractivity contribution in [1.82, 2.24) is 29.4 Å². The molecule has 12 aliphatic rings. The normalized spacial score (nSPS) is 33.4. The van der Waals surface area contributed by atoms with Crippen LogP contribution in [-0.4, -0.2) is 296 Å². The summed E-state index contributed by atoms with van der Waals surface area (Å²) < 4.78 is 138. The monoisotopic (exact) mass is 1690 g/mol. The van der Waals surface area contributed by atoms with E-state index < -0.39 is 36.9 Å². The minimum Gasteiger partial charge on any atom is -0.379 e. The zero-order chi connectivity index (χ0) is 96.4. The molecule has 702 valence electrons. The van der Waals surface area contributed by atoms with Gasteiger partial charge in [0.15, 0.2) is 0 Å². The summed E-state index contributed by atoms with van der Waals surface area (Å²) in [6, 6.07) is 0. The van der Waals surface area contributed by atoms with Crippen molar-refractivity contribution in [3.8, 4) is 0 Å². The molecule has 0 spiro atoms. The largest absolute Gasteiger partial charge is 0.379 e. The van der Waals surface area contributed by atoms with Gasteiger partial charge >= 0.3 is 0 Å². The molecule has 9 saturated heterocycles. The molecule has 12 fully saturated rings. The molecular weight excluding hydrogens is 1480 g/mol. The fourth-order valence-corrected chi connectivity index (χ4v) is 17.2. The van der Waals surface area contributed by atoms with Crippen LogP contribution in [-0.2, 0) is 56.8 Å². The van der Waals surface area contributed by atoms with E-state index in [1.807, 2.05) is 88.0 Å². The van der Waals surface area contributed by atoms with Crippen molar-refractivity contribution in [1.29, 1.82) is 0 Å². The van der Waals surface area contributed by atoms with E-state index in [1.54, 1.807) is 6.92 Å². The van der Waals surface area contributed by atoms with E-state index in [0.29, 0.717) is 64.8 Å². The van der Waals surface area contributed by atoms with Crippen LogP contribution in [0.1, 0.15) is 341 Å². The molecule has 0 aromatic heterocycles. The van der Waals surface area contributed by atoms with Crippen LogP contribution in [0.3, 0.4) is 0 Å². The van der Waals surface area contributed by atoms with Gasteiger partial charge in [-0.05, 0) is 417 Å². The van der Waals surface area contributed by atoms with E-state index in [9.17, 15) is 0 Å². The molecule has 0 radical (unpaired) electrons. The van der Waals surface area contributed by atoms with Crippen LogP contribution < -0.4 is 0 Å². The van der Waals surface area contributed by atoms with Gasteiger partial charge in [-0.15, -0.1) is 0 Å². The first-order valence-corrected chi connectivity index (χ1v) is 47.3. The molecule has 118 heavy (non-hydrogen) atoms. The summed E-state index contributed by atoms with van der Waals surface area (Å²) in [4.78, 5) is 14.2. The average Bonchev–Trinajstić information content (AvgIpc) is 1.67. The Morgan fingerprint density at radius 3 is 1.03 bits per heavy atom. The third-order valence-electron chi connectivity index (χ3n) is 22.2. The Bertz CT molecular complexity index is 2870. The first kappa shape index (κ1) is 94.9. The summed E-state index contributed by atoms with van der Waals surface area (Å²) >= 11 is 0. The van der Waals surface area contributed by atoms with Crippen LogP contribution in [0.4, 0.5) is 0 Å². The Hall–Kier alpha value is -0.720. The Kier molecular flexibility index (Phi) is 43.4. The lowest BCUT2D eigenvalue weighted by molar-refractivity contribution is -0.0609. The summed E-state index contributed by atoms with van der Waals surface area (Å²) in [5, 5.41) is 0. The van der Waals surface area contributed by atoms with Crippen LogP contribution >= 0.6 is 0 Å². The van der Waals surface area contributed by atoms with E-state index in [1.165, 1.54) is 123 Å². The van der Waals surface area contributed by atoms with Gasteiger partial charge in [0.05, 0.1) is 121 Å². The second-order valence-electron chi connectivity index (χ2n) is 45.4. The van der Waals surface area contributed by atoms with Gasteiger partial charge < -0.3 is 86.2 Å². The van der Waals surface area contributed by atoms with Gasteiger partial charge in [0.1, 0.15) is 0 Å². The highest BCUT2D eigenvalue weighted by Gasteiger charge is 2.43. The van der Waals surface area contributed by atoms with E-state index in [0.717, 1.165) is 146 Å². The summed E-state index contributed by atoms with van der Waals surface area (Å²) in [7, 11) is 6.63. The third kappa shape index (κ3) is 56.5. The number of rotatable bonds is 21. The SMILES string of the molecule is CC(C)(C)OC1CCOC1.CC(C)(C)OCCCN1CCCCC1.CN1CC2CC(COC(C)(C)C)CC2C1.[2H]C([2H])(CCN1CCCCC1)OC(C)(C)C.[2H]C([2H])(CCOC(C)(C)C)N1CCCCC1.[2H]C1(C)CC([2H])(OC(C)(C)C)CO1.[2H]C1(COC(C)(C)C)CC2CN(C)CC2C1.[2H]C1(COC(C)(C)C)CC2CN(C)CC2C1.[2H]C1(OC(C)(C)C)CCOC1. The molecule has 0 bridgehead atoms. The molecule has 3 aliphatic carbocycles. The van der Waals surface area contributed by atoms with Crippen molar-refractivity contribution < 1.29 is 69.2 Å². The summed E-state index contributed by atoms with van der Waals surface area (Å²) in [5.41, 5.74) is -1.34. The van der Waals surface area contributed by atoms with Crippen molar-refractivity contribution >= 4 is 0 Å². The van der Waals surface area contributed by atoms with Crippen molar-refractivity contribution in [3.63, 3.8) is 0 Å². The maximum absolute atomic E-state index is 8.48. The van der Waals surface area contributed by atoms with E-state index in [4.69, 9.17) is 69.2 Å². The van der Waals surface area contributed by atoms with Gasteiger partial charge in [-0.3, -0.25) is 0 Å². The fraction of sp³-hybridized carbons (Fsp3) is 1.00. The molecule has 0 aromatic rings. The summed E-state index contributed by atoms with van der Waals surface area (Å²) in [5.74, 6) is 5.09. The van der Waals surface area contributed by atoms with E-state index in [-0.39, 0.29) is 63.2 Å². The van der Waals surface area contributed by atoms with Crippen LogP contribution in [0.15, 0.2) is 0 Å². The van der Waals surface area contributed by atoms with Gasteiger partial charge in [0.25, 0.3) is 0 Å². The molecular formula is C100H200N6O12. The highest BCUT2D eigenvalue weighted by atomic mass is 16.6. The van der Waals surface area contributed by atoms with Gasteiger partial charge in [0.2, 0.25) is 0 Å². The number of hydrogen-bond acceptors (Lipinski definition) is 18. The van der Waals surface area contributed by atoms with Gasteiger partial charge in [-0.25, -0.2) is 0 Å². The van der Waals surface area contributed by atoms with Crippen molar-refractivity contribution in [3.05, 3.63) is 0 Å². The molecule has 18 nitrogen and oxygen atoms in total. The topological polar surface area (TPSA) is 130 Å². The van der Waals surface area contributed by atoms with Gasteiger partial charge in [0, 0.05) is 104 Å². The quantitative estimate of drug-likeness (QED) is 0.101. The molecule has 10 unspecified atom stereocenters. The Morgan fingerprint density at radius 1 is 0.339 bits per heavy atom. The summed E-state index contributed by atoms with van der Waals surface area (Å²) in [6.45, 7) is 76.2. The smallest absolute Gasteiger partial charge is 0.0840 e. The number of fused-ring (bicyclic) bond motifs is 3. The lowest BCUT2D eigenvalue weighted by Crippen LogP contribution is -2.31. The zero-order valence-electron chi connectivity index (χ0n) is 92.0. The highest BCUT2D eigenvalue weighted by molar-refractivity contribution is 4.94. The molecule has 0 N–H and O–H groups in total. The molecule has 18 heteroatoms. The van der Waals surface area contributed by atoms with Crippen LogP contribution in [0, 0.1) is 53.2 Å². The zero-order valence-corrected chi connectivity index (χ0v) is 83.0. The van der Waals surface area contributed by atoms with Crippen LogP contribution in [0.2, 0.25) is 0 Å². The Balaban J connectivity index is 0.000000300. The number of piperidine rings is 3. The highest BCUT2D eigenvalue weighted by Crippen LogP contribution is 2.44. The number of nitrogens with zero attached hydrogens (tertiary/aromatic N) is 6. The minimum atomic E-state index is -1.50. The average molecular weight is 1690 g/mol. The Labute approximate surface area is 743 Å². The molecule has 9 heterocycles. The third-order valence-corrected chi connectivity index (χ3v) is 22.2. The predicted molar refractivity (Wildman–Crippen MR) is 495 cm³/mol. The maximum atomic E-state index is 8.48. The fourth-order valence-electron chi connectivity index (χ4n) is 17.2. The predicted octanol–water partition coefficient (Wildman–Crippen LogP) is 20.4. The lowest BCUT2D eigenvalue weighted by atomic mass is 10.0. The molecule has 9 aliphatic heterocycles. The van der Waals surface area contributed by atoms with E-state index in [2.05, 4.69) is 149 Å². The van der Waals surface area contributed by atoms with Gasteiger partial charge in [-0.1, -0.05) is 19.3 Å². The second kappa shape index (κ2) is 53.9. The minimum absolute atomic E-state index is 0.0155. The molecule has 3 saturated carbocycles. The molecule has 0 aromatic carbocycles. The Morgan fingerprint density at radius 2 is 0.686 bits per heavy atom. The first-order chi connectivity index (χ1) is 57.8. The molecule has 10 atom stereocenters. The maximum Gasteiger partial charge on any atom is 0.0840 e. The number of likely N-dealkylation sites (tertiary alicyclic amines) is 6. The number of hydrogen-bond donors (Lipinski definition) is 0. The van der Waals surface area contributed by atoms with E-state index >= 15 is 0 Å². The molecule has 0 amide bonds. The van der Waals surface area contributed by atoms with Crippen LogP contribution in [0.25, 0.3) is 0 Å². The standard InChI is InChI=1S/3C13H25NO.3C12H25NO.C9H18O2.2C8H16O2/c3*1-13(2,3)15-9-10-5-11-7-14(4)8-12(11)6-10;3*1-12(2,3)14-11-7-10-13-8-5-4-6-9-13;1-7-5-8(6-10-7)11-9(2,3)4;2*1-8(2,3)10-7-4-5-9-6-7/h3*10-12H,5-9H2,1-4H3;3*4-11H2,1-3H3;7-8H,5-6H2,1-4H3;2*7H,4-6H2,1-3H3/i2*10D;;11D2;10D2;;7D,8D;7D;. The molecule has 12 rings (SSSR count).